The molecule has 0 atom stereocenters. The Morgan fingerprint density at radius 1 is 1.38 bits per heavy atom. The largest absolute Gasteiger partial charge is 0.405 e. The maximum absolute atomic E-state index is 13.0. The molecular weight excluding hydrogens is 228 g/mol. The van der Waals surface area contributed by atoms with Gasteiger partial charge in [0.15, 0.2) is 0 Å². The Kier molecular flexibility index (Phi) is 3.36. The number of amides is 1. The number of carbonyl (C=O) groups is 1. The van der Waals surface area contributed by atoms with Crippen molar-refractivity contribution in [3.63, 3.8) is 0 Å². The van der Waals surface area contributed by atoms with E-state index in [1.54, 1.807) is 5.32 Å². The maximum atomic E-state index is 13.0. The maximum Gasteiger partial charge on any atom is 0.405 e. The molecule has 16 heavy (non-hydrogen) atoms. The van der Waals surface area contributed by atoms with E-state index < -0.39 is 30.0 Å². The van der Waals surface area contributed by atoms with E-state index in [0.717, 1.165) is 12.1 Å². The summed E-state index contributed by atoms with van der Waals surface area (Å²) in [6, 6.07) is 3.09. The molecule has 0 radical (unpaired) electrons. The highest BCUT2D eigenvalue weighted by molar-refractivity contribution is 5.95. The lowest BCUT2D eigenvalue weighted by molar-refractivity contribution is -0.123. The van der Waals surface area contributed by atoms with Crippen molar-refractivity contribution in [2.75, 3.05) is 12.3 Å². The van der Waals surface area contributed by atoms with E-state index in [2.05, 4.69) is 0 Å². The molecule has 3 nitrogen and oxygen atoms in total. The van der Waals surface area contributed by atoms with Gasteiger partial charge in [0.2, 0.25) is 0 Å². The molecule has 1 amide bonds. The SMILES string of the molecule is Nc1ccc(F)c(C(=O)NCC(F)(F)F)c1. The molecule has 1 rings (SSSR count). The first-order chi connectivity index (χ1) is 7.29. The molecule has 0 bridgehead atoms. The summed E-state index contributed by atoms with van der Waals surface area (Å²) in [7, 11) is 0. The fourth-order valence-corrected chi connectivity index (χ4v) is 0.993. The monoisotopic (exact) mass is 236 g/mol. The molecule has 88 valence electrons. The van der Waals surface area contributed by atoms with Gasteiger partial charge in [-0.25, -0.2) is 4.39 Å². The van der Waals surface area contributed by atoms with Crippen LogP contribution in [0.15, 0.2) is 18.2 Å². The van der Waals surface area contributed by atoms with Crippen LogP contribution >= 0.6 is 0 Å². The predicted octanol–water partition coefficient (Wildman–Crippen LogP) is 1.70. The highest BCUT2D eigenvalue weighted by Crippen LogP contribution is 2.14. The number of nitrogens with one attached hydrogen (secondary N) is 1. The normalized spacial score (nSPS) is 11.2. The van der Waals surface area contributed by atoms with Crippen LogP contribution < -0.4 is 11.1 Å². The van der Waals surface area contributed by atoms with Crippen molar-refractivity contribution in [2.45, 2.75) is 6.18 Å². The topological polar surface area (TPSA) is 55.1 Å². The van der Waals surface area contributed by atoms with Crippen LogP contribution in [0.3, 0.4) is 0 Å². The molecule has 0 aromatic heterocycles. The van der Waals surface area contributed by atoms with Crippen molar-refractivity contribution in [1.82, 2.24) is 5.32 Å². The van der Waals surface area contributed by atoms with Crippen molar-refractivity contribution in [3.8, 4) is 0 Å². The summed E-state index contributed by atoms with van der Waals surface area (Å²) in [5.41, 5.74) is 4.86. The smallest absolute Gasteiger partial charge is 0.399 e. The minimum atomic E-state index is -4.54. The minimum Gasteiger partial charge on any atom is -0.399 e. The quantitative estimate of drug-likeness (QED) is 0.606. The molecule has 1 aromatic carbocycles. The first kappa shape index (κ1) is 12.3. The number of carbonyl (C=O) groups excluding carboxylic acids is 1. The van der Waals surface area contributed by atoms with Crippen molar-refractivity contribution in [1.29, 1.82) is 0 Å². The zero-order valence-electron chi connectivity index (χ0n) is 7.94. The van der Waals surface area contributed by atoms with Crippen LogP contribution in [0.4, 0.5) is 23.2 Å². The van der Waals surface area contributed by atoms with Gasteiger partial charge in [-0.3, -0.25) is 4.79 Å². The number of hydrogen-bond acceptors (Lipinski definition) is 2. The first-order valence-corrected chi connectivity index (χ1v) is 4.19. The third kappa shape index (κ3) is 3.41. The number of halogens is 4. The molecule has 0 aliphatic heterocycles. The summed E-state index contributed by atoms with van der Waals surface area (Å²) >= 11 is 0. The summed E-state index contributed by atoms with van der Waals surface area (Å²) in [6.45, 7) is -1.51. The molecule has 0 heterocycles. The Labute approximate surface area is 88.2 Å². The van der Waals surface area contributed by atoms with Crippen LogP contribution in [0.25, 0.3) is 0 Å². The van der Waals surface area contributed by atoms with Crippen LogP contribution in [0, 0.1) is 5.82 Å². The second-order valence-electron chi connectivity index (χ2n) is 3.04. The first-order valence-electron chi connectivity index (χ1n) is 4.19. The van der Waals surface area contributed by atoms with Gasteiger partial charge in [0, 0.05) is 5.69 Å². The second kappa shape index (κ2) is 4.38. The molecule has 0 saturated carbocycles. The lowest BCUT2D eigenvalue weighted by Crippen LogP contribution is -2.34. The Balaban J connectivity index is 2.77. The van der Waals surface area contributed by atoms with Crippen molar-refractivity contribution in [3.05, 3.63) is 29.6 Å². The highest BCUT2D eigenvalue weighted by Gasteiger charge is 2.28. The molecule has 0 aliphatic rings. The number of alkyl halides is 3. The average molecular weight is 236 g/mol. The van der Waals surface area contributed by atoms with Gasteiger partial charge >= 0.3 is 6.18 Å². The van der Waals surface area contributed by atoms with E-state index in [9.17, 15) is 22.4 Å². The Morgan fingerprint density at radius 2 is 2.00 bits per heavy atom. The van der Waals surface area contributed by atoms with Crippen molar-refractivity contribution in [2.24, 2.45) is 0 Å². The third-order valence-corrected chi connectivity index (χ3v) is 1.68. The lowest BCUT2D eigenvalue weighted by Gasteiger charge is -2.09. The van der Waals surface area contributed by atoms with Gasteiger partial charge in [-0.2, -0.15) is 13.2 Å². The summed E-state index contributed by atoms with van der Waals surface area (Å²) < 4.78 is 48.4. The molecule has 0 unspecified atom stereocenters. The van der Waals surface area contributed by atoms with Crippen molar-refractivity contribution < 1.29 is 22.4 Å². The predicted molar refractivity (Wildman–Crippen MR) is 49.2 cm³/mol. The van der Waals surface area contributed by atoms with Crippen LogP contribution in [0.2, 0.25) is 0 Å². The van der Waals surface area contributed by atoms with Gasteiger partial charge in [-0.15, -0.1) is 0 Å². The fraction of sp³-hybridized carbons (Fsp3) is 0.222. The molecule has 3 N–H and O–H groups in total. The van der Waals surface area contributed by atoms with Crippen LogP contribution in [0.5, 0.6) is 0 Å². The van der Waals surface area contributed by atoms with Crippen LogP contribution in [-0.2, 0) is 0 Å². The minimum absolute atomic E-state index is 0.0959. The zero-order chi connectivity index (χ0) is 12.3. The van der Waals surface area contributed by atoms with E-state index in [-0.39, 0.29) is 5.69 Å². The highest BCUT2D eigenvalue weighted by atomic mass is 19.4. The zero-order valence-corrected chi connectivity index (χ0v) is 7.94. The molecule has 1 aromatic rings. The number of nitrogen functional groups attached to an aromatic ring is 1. The van der Waals surface area contributed by atoms with Gasteiger partial charge in [-0.1, -0.05) is 0 Å². The van der Waals surface area contributed by atoms with Gasteiger partial charge in [0.05, 0.1) is 5.56 Å². The number of benzene rings is 1. The summed E-state index contributed by atoms with van der Waals surface area (Å²) in [6.07, 6.45) is -4.54. The van der Waals surface area contributed by atoms with Crippen molar-refractivity contribution >= 4 is 11.6 Å². The Morgan fingerprint density at radius 3 is 2.56 bits per heavy atom. The standard InChI is InChI=1S/C9H8F4N2O/c10-7-2-1-5(14)3-6(7)8(16)15-4-9(11,12)13/h1-3H,4,14H2,(H,15,16). The molecule has 0 saturated heterocycles. The van der Waals surface area contributed by atoms with Gasteiger partial charge < -0.3 is 11.1 Å². The molecule has 0 spiro atoms. The van der Waals surface area contributed by atoms with Crippen LogP contribution in [0.1, 0.15) is 10.4 Å². The van der Waals surface area contributed by atoms with Gasteiger partial charge in [0.25, 0.3) is 5.91 Å². The average Bonchev–Trinajstić information content (AvgIpc) is 2.17. The number of hydrogen-bond donors (Lipinski definition) is 2. The fourth-order valence-electron chi connectivity index (χ4n) is 0.993. The molecule has 0 aliphatic carbocycles. The molecular formula is C9H8F4N2O. The van der Waals surface area contributed by atoms with E-state index in [1.807, 2.05) is 0 Å². The van der Waals surface area contributed by atoms with E-state index >= 15 is 0 Å². The van der Waals surface area contributed by atoms with E-state index in [4.69, 9.17) is 5.73 Å². The second-order valence-corrected chi connectivity index (χ2v) is 3.04. The third-order valence-electron chi connectivity index (χ3n) is 1.68. The summed E-state index contributed by atoms with van der Waals surface area (Å²) in [5, 5.41) is 1.55. The summed E-state index contributed by atoms with van der Waals surface area (Å²) in [4.78, 5) is 11.2. The van der Waals surface area contributed by atoms with Gasteiger partial charge in [0.1, 0.15) is 12.4 Å². The Bertz CT molecular complexity index is 403. The number of rotatable bonds is 2. The van der Waals surface area contributed by atoms with E-state index in [0.29, 0.717) is 0 Å². The lowest BCUT2D eigenvalue weighted by atomic mass is 10.2. The number of anilines is 1. The Hall–Kier alpha value is -1.79. The summed E-state index contributed by atoms with van der Waals surface area (Å²) in [5.74, 6) is -2.07. The molecule has 0 fully saturated rings. The van der Waals surface area contributed by atoms with Gasteiger partial charge in [-0.05, 0) is 18.2 Å². The number of nitrogens with two attached hydrogens (primary N) is 1. The van der Waals surface area contributed by atoms with Crippen LogP contribution in [-0.4, -0.2) is 18.6 Å². The molecule has 7 heteroatoms. The van der Waals surface area contributed by atoms with E-state index in [1.165, 1.54) is 6.07 Å².